The fourth-order valence-corrected chi connectivity index (χ4v) is 3.50. The van der Waals surface area contributed by atoms with Gasteiger partial charge in [0.15, 0.2) is 0 Å². The van der Waals surface area contributed by atoms with Gasteiger partial charge in [-0.15, -0.1) is 0 Å². The van der Waals surface area contributed by atoms with Gasteiger partial charge in [0.1, 0.15) is 12.2 Å². The number of hydrogen-bond acceptors (Lipinski definition) is 4. The molecular formula is C21H18ClN3O2. The number of nitrogens with two attached hydrogens (primary N) is 1. The lowest BCUT2D eigenvalue weighted by molar-refractivity contribution is 0.0990. The number of fused-ring (bicyclic) bond motifs is 1. The number of ether oxygens (including phenoxy) is 1. The number of carbonyl (C=O) groups is 1. The van der Waals surface area contributed by atoms with E-state index in [0.29, 0.717) is 29.4 Å². The summed E-state index contributed by atoms with van der Waals surface area (Å²) in [5.74, 6) is 0.0828. The third-order valence-electron chi connectivity index (χ3n) is 4.64. The number of rotatable bonds is 2. The summed E-state index contributed by atoms with van der Waals surface area (Å²) in [5.41, 5.74) is 10.7. The lowest BCUT2D eigenvalue weighted by Gasteiger charge is -2.21. The third-order valence-corrected chi connectivity index (χ3v) is 4.87. The van der Waals surface area contributed by atoms with Gasteiger partial charge in [-0.1, -0.05) is 29.8 Å². The number of pyridine rings is 1. The van der Waals surface area contributed by atoms with Gasteiger partial charge in [0, 0.05) is 16.9 Å². The monoisotopic (exact) mass is 379 g/mol. The number of halogens is 1. The Morgan fingerprint density at radius 3 is 2.67 bits per heavy atom. The smallest absolute Gasteiger partial charge is 0.266 e. The number of carbonyl (C=O) groups excluding carboxylic acids is 1. The van der Waals surface area contributed by atoms with Crippen LogP contribution in [0.4, 0.5) is 11.4 Å². The highest BCUT2D eigenvalue weighted by molar-refractivity contribution is 6.30. The number of amides is 1. The maximum atomic E-state index is 13.0. The van der Waals surface area contributed by atoms with Gasteiger partial charge >= 0.3 is 0 Å². The molecular weight excluding hydrogens is 362 g/mol. The van der Waals surface area contributed by atoms with Crippen molar-refractivity contribution in [2.24, 2.45) is 0 Å². The topological polar surface area (TPSA) is 68.4 Å². The van der Waals surface area contributed by atoms with Crippen molar-refractivity contribution >= 4 is 28.9 Å². The molecule has 2 aromatic carbocycles. The molecule has 0 fully saturated rings. The van der Waals surface area contributed by atoms with Crippen molar-refractivity contribution in [2.75, 3.05) is 23.8 Å². The van der Waals surface area contributed by atoms with Gasteiger partial charge in [-0.2, -0.15) is 0 Å². The van der Waals surface area contributed by atoms with Crippen LogP contribution in [0.25, 0.3) is 11.1 Å². The lowest BCUT2D eigenvalue weighted by Crippen LogP contribution is -2.32. The van der Waals surface area contributed by atoms with Crippen LogP contribution in [-0.2, 0) is 0 Å². The summed E-state index contributed by atoms with van der Waals surface area (Å²) >= 11 is 6.05. The van der Waals surface area contributed by atoms with Crippen molar-refractivity contribution < 1.29 is 9.53 Å². The Morgan fingerprint density at radius 1 is 1.15 bits per heavy atom. The SMILES string of the molecule is Cc1cc(Cl)ccc1-c1ccc(N2CCOc3nccc(N)c3C2=O)cc1. The van der Waals surface area contributed by atoms with Gasteiger partial charge in [0.25, 0.3) is 5.91 Å². The standard InChI is InChI=1S/C21H18ClN3O2/c1-13-12-15(22)4-7-17(13)14-2-5-16(6-3-14)25-10-11-27-20-19(21(25)26)18(23)8-9-24-20/h2-9,12H,10-11H2,1H3,(H2,23,24). The van der Waals surface area contributed by atoms with E-state index in [2.05, 4.69) is 4.98 Å². The number of nitrogen functional groups attached to an aromatic ring is 1. The van der Waals surface area contributed by atoms with Crippen LogP contribution >= 0.6 is 11.6 Å². The Morgan fingerprint density at radius 2 is 1.93 bits per heavy atom. The van der Waals surface area contributed by atoms with Gasteiger partial charge in [-0.3, -0.25) is 4.79 Å². The Hall–Kier alpha value is -3.05. The predicted molar refractivity (Wildman–Crippen MR) is 107 cm³/mol. The number of nitrogens with zero attached hydrogens (tertiary/aromatic N) is 2. The molecule has 0 atom stereocenters. The van der Waals surface area contributed by atoms with Crippen molar-refractivity contribution in [2.45, 2.75) is 6.92 Å². The van der Waals surface area contributed by atoms with Gasteiger partial charge in [0.2, 0.25) is 5.88 Å². The molecule has 1 aliphatic rings. The zero-order chi connectivity index (χ0) is 19.0. The highest BCUT2D eigenvalue weighted by Gasteiger charge is 2.27. The molecule has 3 aromatic rings. The van der Waals surface area contributed by atoms with Gasteiger partial charge in [0.05, 0.1) is 12.2 Å². The number of hydrogen-bond donors (Lipinski definition) is 1. The molecule has 0 unspecified atom stereocenters. The van der Waals surface area contributed by atoms with Crippen LogP contribution < -0.4 is 15.4 Å². The van der Waals surface area contributed by atoms with Crippen LogP contribution in [-0.4, -0.2) is 24.0 Å². The summed E-state index contributed by atoms with van der Waals surface area (Å²) in [4.78, 5) is 18.8. The highest BCUT2D eigenvalue weighted by Crippen LogP contribution is 2.31. The second kappa shape index (κ2) is 6.93. The molecule has 0 saturated carbocycles. The molecule has 6 heteroatoms. The van der Waals surface area contributed by atoms with Crippen LogP contribution in [0, 0.1) is 6.92 Å². The van der Waals surface area contributed by atoms with Crippen molar-refractivity contribution in [1.82, 2.24) is 4.98 Å². The minimum absolute atomic E-state index is 0.205. The van der Waals surface area contributed by atoms with Crippen LogP contribution in [0.15, 0.2) is 54.7 Å². The first-order valence-corrected chi connectivity index (χ1v) is 8.98. The van der Waals surface area contributed by atoms with E-state index >= 15 is 0 Å². The van der Waals surface area contributed by atoms with E-state index in [4.69, 9.17) is 22.1 Å². The molecule has 2 N–H and O–H groups in total. The molecule has 1 amide bonds. The van der Waals surface area contributed by atoms with Crippen LogP contribution in [0.3, 0.4) is 0 Å². The second-order valence-electron chi connectivity index (χ2n) is 6.39. The van der Waals surface area contributed by atoms with Crippen LogP contribution in [0.5, 0.6) is 5.88 Å². The van der Waals surface area contributed by atoms with Gasteiger partial charge in [-0.25, -0.2) is 4.98 Å². The van der Waals surface area contributed by atoms with E-state index in [1.807, 2.05) is 49.4 Å². The third kappa shape index (κ3) is 3.22. The average molecular weight is 380 g/mol. The molecule has 0 radical (unpaired) electrons. The first-order chi connectivity index (χ1) is 13.0. The molecule has 0 bridgehead atoms. The maximum Gasteiger partial charge on any atom is 0.266 e. The fraction of sp³-hybridized carbons (Fsp3) is 0.143. The van der Waals surface area contributed by atoms with E-state index in [1.165, 1.54) is 0 Å². The minimum Gasteiger partial charge on any atom is -0.475 e. The molecule has 136 valence electrons. The van der Waals surface area contributed by atoms with Crippen molar-refractivity contribution in [3.63, 3.8) is 0 Å². The molecule has 1 aromatic heterocycles. The fourth-order valence-electron chi connectivity index (χ4n) is 3.27. The van der Waals surface area contributed by atoms with Crippen LogP contribution in [0.1, 0.15) is 15.9 Å². The van der Waals surface area contributed by atoms with Gasteiger partial charge in [-0.05, 0) is 53.9 Å². The predicted octanol–water partition coefficient (Wildman–Crippen LogP) is 4.33. The number of benzene rings is 2. The first kappa shape index (κ1) is 17.4. The molecule has 1 aliphatic heterocycles. The average Bonchev–Trinajstić information content (AvgIpc) is 2.82. The largest absolute Gasteiger partial charge is 0.475 e. The maximum absolute atomic E-state index is 13.0. The quantitative estimate of drug-likeness (QED) is 0.719. The zero-order valence-electron chi connectivity index (χ0n) is 14.8. The molecule has 4 rings (SSSR count). The summed E-state index contributed by atoms with van der Waals surface area (Å²) in [7, 11) is 0. The zero-order valence-corrected chi connectivity index (χ0v) is 15.5. The van der Waals surface area contributed by atoms with Crippen molar-refractivity contribution in [3.8, 4) is 17.0 Å². The minimum atomic E-state index is -0.205. The molecule has 2 heterocycles. The first-order valence-electron chi connectivity index (χ1n) is 8.60. The molecule has 0 aliphatic carbocycles. The lowest BCUT2D eigenvalue weighted by atomic mass is 10.0. The molecule has 0 spiro atoms. The summed E-state index contributed by atoms with van der Waals surface area (Å²) < 4.78 is 5.61. The molecule has 27 heavy (non-hydrogen) atoms. The van der Waals surface area contributed by atoms with E-state index in [1.54, 1.807) is 17.2 Å². The normalized spacial score (nSPS) is 13.7. The Kier molecular flexibility index (Phi) is 4.46. The Bertz CT molecular complexity index is 1020. The number of aromatic nitrogens is 1. The van der Waals surface area contributed by atoms with Crippen molar-refractivity contribution in [3.05, 3.63) is 70.9 Å². The highest BCUT2D eigenvalue weighted by atomic mass is 35.5. The number of anilines is 2. The van der Waals surface area contributed by atoms with E-state index in [0.717, 1.165) is 22.4 Å². The Labute approximate surface area is 162 Å². The Balaban J connectivity index is 1.68. The number of aryl methyl sites for hydroxylation is 1. The van der Waals surface area contributed by atoms with Crippen molar-refractivity contribution in [1.29, 1.82) is 0 Å². The van der Waals surface area contributed by atoms with Gasteiger partial charge < -0.3 is 15.4 Å². The van der Waals surface area contributed by atoms with E-state index < -0.39 is 0 Å². The summed E-state index contributed by atoms with van der Waals surface area (Å²) in [6.07, 6.45) is 1.54. The van der Waals surface area contributed by atoms with E-state index in [9.17, 15) is 4.79 Å². The molecule has 0 saturated heterocycles. The van der Waals surface area contributed by atoms with Crippen LogP contribution in [0.2, 0.25) is 5.02 Å². The summed E-state index contributed by atoms with van der Waals surface area (Å²) in [5, 5.41) is 0.716. The summed E-state index contributed by atoms with van der Waals surface area (Å²) in [6, 6.07) is 15.3. The molecule has 5 nitrogen and oxygen atoms in total. The second-order valence-corrected chi connectivity index (χ2v) is 6.83. The van der Waals surface area contributed by atoms with E-state index in [-0.39, 0.29) is 11.8 Å². The summed E-state index contributed by atoms with van der Waals surface area (Å²) in [6.45, 7) is 2.80.